The molecule has 0 spiro atoms. The molecule has 1 N–H and O–H groups in total. The Hall–Kier alpha value is -2.88. The monoisotopic (exact) mass is 315 g/mol. The summed E-state index contributed by atoms with van der Waals surface area (Å²) in [4.78, 5) is 8.00. The lowest BCUT2D eigenvalue weighted by Crippen LogP contribution is -2.12. The Balaban J connectivity index is 1.58. The normalized spacial score (nSPS) is 17.1. The maximum atomic E-state index is 5.62. The number of hydrogen-bond acceptors (Lipinski definition) is 3. The number of aromatic nitrogens is 3. The standard InChI is InChI=1S/C20H17N3O/c1-2-8-15-13(5-1)6-3-9-16(15)19-22-20(24-23-19)17-10-4-7-14-11-12-21-18(14)17/h1-2,4-5,7-8,10-12,16,21H,3,6,9H2. The van der Waals surface area contributed by atoms with Crippen molar-refractivity contribution in [3.8, 4) is 11.5 Å². The van der Waals surface area contributed by atoms with Crippen LogP contribution in [0.15, 0.2) is 59.3 Å². The number of hydrogen-bond donors (Lipinski definition) is 1. The molecule has 0 fully saturated rings. The predicted octanol–water partition coefficient (Wildman–Crippen LogP) is 4.69. The maximum absolute atomic E-state index is 5.62. The highest BCUT2D eigenvalue weighted by molar-refractivity contribution is 5.91. The van der Waals surface area contributed by atoms with E-state index in [0.717, 1.165) is 41.6 Å². The molecule has 1 aliphatic rings. The fourth-order valence-corrected chi connectivity index (χ4v) is 3.77. The number of aromatic amines is 1. The van der Waals surface area contributed by atoms with Gasteiger partial charge in [-0.15, -0.1) is 0 Å². The molecule has 0 saturated heterocycles. The van der Waals surface area contributed by atoms with Gasteiger partial charge in [-0.05, 0) is 42.5 Å². The Morgan fingerprint density at radius 2 is 2.00 bits per heavy atom. The van der Waals surface area contributed by atoms with Crippen LogP contribution in [0, 0.1) is 0 Å². The number of rotatable bonds is 2. The average Bonchev–Trinajstić information content (AvgIpc) is 3.30. The summed E-state index contributed by atoms with van der Waals surface area (Å²) in [5.41, 5.74) is 4.75. The van der Waals surface area contributed by atoms with Crippen molar-refractivity contribution >= 4 is 10.9 Å². The molecular formula is C20H17N3O. The van der Waals surface area contributed by atoms with Gasteiger partial charge in [-0.25, -0.2) is 0 Å². The van der Waals surface area contributed by atoms with E-state index < -0.39 is 0 Å². The van der Waals surface area contributed by atoms with Crippen molar-refractivity contribution in [2.24, 2.45) is 0 Å². The molecule has 1 unspecified atom stereocenters. The molecule has 4 aromatic rings. The third kappa shape index (κ3) is 2.07. The van der Waals surface area contributed by atoms with Crippen molar-refractivity contribution in [1.82, 2.24) is 15.1 Å². The average molecular weight is 315 g/mol. The number of benzene rings is 2. The summed E-state index contributed by atoms with van der Waals surface area (Å²) in [7, 11) is 0. The van der Waals surface area contributed by atoms with Crippen molar-refractivity contribution in [3.05, 3.63) is 71.7 Å². The van der Waals surface area contributed by atoms with E-state index >= 15 is 0 Å². The first-order valence-electron chi connectivity index (χ1n) is 8.38. The van der Waals surface area contributed by atoms with Crippen LogP contribution in [0.3, 0.4) is 0 Å². The molecule has 4 nitrogen and oxygen atoms in total. The minimum atomic E-state index is 0.232. The zero-order chi connectivity index (χ0) is 15.9. The Morgan fingerprint density at radius 1 is 1.04 bits per heavy atom. The van der Waals surface area contributed by atoms with Crippen molar-refractivity contribution in [2.45, 2.75) is 25.2 Å². The lowest BCUT2D eigenvalue weighted by molar-refractivity contribution is 0.415. The Kier molecular flexibility index (Phi) is 3.01. The molecule has 0 aliphatic heterocycles. The predicted molar refractivity (Wildman–Crippen MR) is 92.8 cm³/mol. The van der Waals surface area contributed by atoms with Gasteiger partial charge in [0.05, 0.1) is 11.1 Å². The molecule has 1 aliphatic carbocycles. The van der Waals surface area contributed by atoms with Gasteiger partial charge in [-0.1, -0.05) is 41.6 Å². The van der Waals surface area contributed by atoms with Gasteiger partial charge < -0.3 is 9.51 Å². The highest BCUT2D eigenvalue weighted by Crippen LogP contribution is 2.36. The van der Waals surface area contributed by atoms with Crippen LogP contribution < -0.4 is 0 Å². The summed E-state index contributed by atoms with van der Waals surface area (Å²) < 4.78 is 5.62. The van der Waals surface area contributed by atoms with Crippen LogP contribution in [0.1, 0.15) is 35.7 Å². The molecule has 2 aromatic carbocycles. The topological polar surface area (TPSA) is 54.7 Å². The summed E-state index contributed by atoms with van der Waals surface area (Å²) in [6.07, 6.45) is 5.31. The molecule has 2 heterocycles. The zero-order valence-electron chi connectivity index (χ0n) is 13.2. The molecule has 2 aromatic heterocycles. The second-order valence-electron chi connectivity index (χ2n) is 6.35. The number of nitrogens with one attached hydrogen (secondary N) is 1. The maximum Gasteiger partial charge on any atom is 0.260 e. The molecule has 1 atom stereocenters. The van der Waals surface area contributed by atoms with E-state index in [9.17, 15) is 0 Å². The van der Waals surface area contributed by atoms with Gasteiger partial charge in [-0.3, -0.25) is 0 Å². The number of aryl methyl sites for hydroxylation is 1. The first kappa shape index (κ1) is 13.5. The van der Waals surface area contributed by atoms with E-state index in [-0.39, 0.29) is 5.92 Å². The van der Waals surface area contributed by atoms with Gasteiger partial charge in [0.15, 0.2) is 5.82 Å². The minimum absolute atomic E-state index is 0.232. The number of nitrogens with zero attached hydrogens (tertiary/aromatic N) is 2. The van der Waals surface area contributed by atoms with E-state index in [1.165, 1.54) is 11.1 Å². The van der Waals surface area contributed by atoms with Crippen LogP contribution in [0.25, 0.3) is 22.4 Å². The van der Waals surface area contributed by atoms with Gasteiger partial charge in [0.1, 0.15) is 0 Å². The number of H-pyrrole nitrogens is 1. The molecule has 5 rings (SSSR count). The SMILES string of the molecule is c1ccc2c(c1)CCCC2c1noc(-c2cccc3cc[nH]c23)n1. The summed E-state index contributed by atoms with van der Waals surface area (Å²) in [6.45, 7) is 0. The van der Waals surface area contributed by atoms with Crippen LogP contribution in [-0.2, 0) is 6.42 Å². The molecule has 0 bridgehead atoms. The third-order valence-corrected chi connectivity index (χ3v) is 4.94. The van der Waals surface area contributed by atoms with E-state index in [2.05, 4.69) is 40.5 Å². The molecule has 0 amide bonds. The largest absolute Gasteiger partial charge is 0.361 e. The van der Waals surface area contributed by atoms with Gasteiger partial charge in [0.25, 0.3) is 5.89 Å². The summed E-state index contributed by atoms with van der Waals surface area (Å²) in [5, 5.41) is 5.45. The molecule has 24 heavy (non-hydrogen) atoms. The Morgan fingerprint density at radius 3 is 3.00 bits per heavy atom. The van der Waals surface area contributed by atoms with E-state index in [4.69, 9.17) is 9.51 Å². The lowest BCUT2D eigenvalue weighted by atomic mass is 9.82. The Labute approximate surface area is 139 Å². The fraction of sp³-hybridized carbons (Fsp3) is 0.200. The highest BCUT2D eigenvalue weighted by atomic mass is 16.5. The van der Waals surface area contributed by atoms with Crippen LogP contribution >= 0.6 is 0 Å². The van der Waals surface area contributed by atoms with Gasteiger partial charge in [0, 0.05) is 17.5 Å². The fourth-order valence-electron chi connectivity index (χ4n) is 3.77. The summed E-state index contributed by atoms with van der Waals surface area (Å²) in [6, 6.07) is 16.8. The van der Waals surface area contributed by atoms with Crippen molar-refractivity contribution in [3.63, 3.8) is 0 Å². The molecule has 4 heteroatoms. The zero-order valence-corrected chi connectivity index (χ0v) is 13.2. The molecule has 118 valence electrons. The van der Waals surface area contributed by atoms with Crippen molar-refractivity contribution < 1.29 is 4.52 Å². The van der Waals surface area contributed by atoms with E-state index in [1.54, 1.807) is 0 Å². The van der Waals surface area contributed by atoms with Crippen LogP contribution in [0.2, 0.25) is 0 Å². The van der Waals surface area contributed by atoms with E-state index in [0.29, 0.717) is 5.89 Å². The van der Waals surface area contributed by atoms with Gasteiger partial charge in [0.2, 0.25) is 0 Å². The molecule has 0 radical (unpaired) electrons. The Bertz CT molecular complexity index is 1010. The van der Waals surface area contributed by atoms with Crippen molar-refractivity contribution in [2.75, 3.05) is 0 Å². The minimum Gasteiger partial charge on any atom is -0.361 e. The van der Waals surface area contributed by atoms with Crippen molar-refractivity contribution in [1.29, 1.82) is 0 Å². The second kappa shape index (κ2) is 5.34. The summed E-state index contributed by atoms with van der Waals surface area (Å²) >= 11 is 0. The van der Waals surface area contributed by atoms with Gasteiger partial charge in [-0.2, -0.15) is 4.98 Å². The lowest BCUT2D eigenvalue weighted by Gasteiger charge is -2.22. The first-order valence-corrected chi connectivity index (χ1v) is 8.38. The second-order valence-corrected chi connectivity index (χ2v) is 6.35. The summed E-state index contributed by atoms with van der Waals surface area (Å²) in [5.74, 6) is 1.61. The quantitative estimate of drug-likeness (QED) is 0.584. The smallest absolute Gasteiger partial charge is 0.260 e. The van der Waals surface area contributed by atoms with E-state index in [1.807, 2.05) is 24.4 Å². The van der Waals surface area contributed by atoms with Crippen LogP contribution in [0.4, 0.5) is 0 Å². The van der Waals surface area contributed by atoms with Gasteiger partial charge >= 0.3 is 0 Å². The van der Waals surface area contributed by atoms with Crippen LogP contribution in [-0.4, -0.2) is 15.1 Å². The first-order chi connectivity index (χ1) is 11.9. The molecule has 0 saturated carbocycles. The molecular weight excluding hydrogens is 298 g/mol. The van der Waals surface area contributed by atoms with Crippen LogP contribution in [0.5, 0.6) is 0 Å². The number of para-hydroxylation sites is 1. The third-order valence-electron chi connectivity index (χ3n) is 4.94. The number of fused-ring (bicyclic) bond motifs is 2. The highest BCUT2D eigenvalue weighted by Gasteiger charge is 2.26.